The monoisotopic (exact) mass is 448 g/mol. The van der Waals surface area contributed by atoms with Gasteiger partial charge in [0.05, 0.1) is 16.3 Å². The van der Waals surface area contributed by atoms with Crippen molar-refractivity contribution in [3.05, 3.63) is 83.9 Å². The van der Waals surface area contributed by atoms with Crippen molar-refractivity contribution in [1.29, 1.82) is 0 Å². The molecule has 2 N–H and O–H groups in total. The van der Waals surface area contributed by atoms with E-state index in [0.29, 0.717) is 10.6 Å². The van der Waals surface area contributed by atoms with Gasteiger partial charge in [-0.05, 0) is 55.5 Å². The van der Waals surface area contributed by atoms with Crippen LogP contribution >= 0.6 is 11.8 Å². The fourth-order valence-corrected chi connectivity index (χ4v) is 4.24. The molecule has 0 bridgehead atoms. The van der Waals surface area contributed by atoms with Crippen LogP contribution in [0.25, 0.3) is 0 Å². The molecule has 0 aliphatic carbocycles. The van der Waals surface area contributed by atoms with Crippen LogP contribution in [-0.4, -0.2) is 20.1 Å². The summed E-state index contributed by atoms with van der Waals surface area (Å²) in [6, 6.07) is 15.8. The van der Waals surface area contributed by atoms with Gasteiger partial charge in [0.1, 0.15) is 11.6 Å². The van der Waals surface area contributed by atoms with E-state index in [1.807, 2.05) is 6.92 Å². The van der Waals surface area contributed by atoms with Gasteiger partial charge in [-0.15, -0.1) is 11.8 Å². The number of anilines is 2. The fourth-order valence-electron chi connectivity index (χ4n) is 2.48. The molecule has 1 amide bonds. The molecule has 3 aromatic carbocycles. The number of halogens is 2. The molecule has 0 spiro atoms. The SMILES string of the molecule is Cc1ccc(S(=O)(=O)Nc2ccc(SCC(=O)Nc3cc(F)ccc3F)cc2)cc1. The number of amides is 1. The van der Waals surface area contributed by atoms with Crippen LogP contribution in [0.1, 0.15) is 5.56 Å². The van der Waals surface area contributed by atoms with E-state index in [1.165, 1.54) is 23.9 Å². The molecule has 0 aliphatic rings. The number of hydrogen-bond acceptors (Lipinski definition) is 4. The van der Waals surface area contributed by atoms with Gasteiger partial charge in [-0.1, -0.05) is 17.7 Å². The maximum absolute atomic E-state index is 13.6. The smallest absolute Gasteiger partial charge is 0.261 e. The van der Waals surface area contributed by atoms with Crippen LogP contribution in [0.2, 0.25) is 0 Å². The zero-order chi connectivity index (χ0) is 21.7. The molecule has 5 nitrogen and oxygen atoms in total. The normalized spacial score (nSPS) is 11.2. The molecule has 3 rings (SSSR count). The molecular weight excluding hydrogens is 430 g/mol. The first-order valence-corrected chi connectivity index (χ1v) is 11.3. The van der Waals surface area contributed by atoms with Gasteiger partial charge in [0.25, 0.3) is 10.0 Å². The van der Waals surface area contributed by atoms with Gasteiger partial charge in [-0.25, -0.2) is 17.2 Å². The van der Waals surface area contributed by atoms with Crippen molar-refractivity contribution < 1.29 is 22.0 Å². The second kappa shape index (κ2) is 9.27. The lowest BCUT2D eigenvalue weighted by Gasteiger charge is -2.09. The van der Waals surface area contributed by atoms with Crippen LogP contribution < -0.4 is 10.0 Å². The van der Waals surface area contributed by atoms with Crippen molar-refractivity contribution in [3.8, 4) is 0 Å². The van der Waals surface area contributed by atoms with Crippen molar-refractivity contribution in [2.24, 2.45) is 0 Å². The van der Waals surface area contributed by atoms with E-state index in [1.54, 1.807) is 36.4 Å². The number of aryl methyl sites for hydroxylation is 1. The fraction of sp³-hybridized carbons (Fsp3) is 0.0952. The largest absolute Gasteiger partial charge is 0.323 e. The van der Waals surface area contributed by atoms with E-state index < -0.39 is 27.6 Å². The zero-order valence-electron chi connectivity index (χ0n) is 15.9. The number of sulfonamides is 1. The number of hydrogen-bond donors (Lipinski definition) is 2. The van der Waals surface area contributed by atoms with Crippen molar-refractivity contribution in [1.82, 2.24) is 0 Å². The van der Waals surface area contributed by atoms with Crippen LogP contribution in [0.15, 0.2) is 76.5 Å². The Morgan fingerprint density at radius 3 is 2.30 bits per heavy atom. The van der Waals surface area contributed by atoms with Crippen molar-refractivity contribution in [2.45, 2.75) is 16.7 Å². The molecule has 156 valence electrons. The van der Waals surface area contributed by atoms with Crippen molar-refractivity contribution in [2.75, 3.05) is 15.8 Å². The summed E-state index contributed by atoms with van der Waals surface area (Å²) in [5, 5.41) is 2.32. The lowest BCUT2D eigenvalue weighted by atomic mass is 10.2. The summed E-state index contributed by atoms with van der Waals surface area (Å²) in [5.41, 5.74) is 1.12. The number of benzene rings is 3. The summed E-state index contributed by atoms with van der Waals surface area (Å²) in [6.45, 7) is 1.87. The average Bonchev–Trinajstić information content (AvgIpc) is 2.70. The molecule has 9 heteroatoms. The minimum absolute atomic E-state index is 0.0234. The summed E-state index contributed by atoms with van der Waals surface area (Å²) in [5.74, 6) is -1.89. The summed E-state index contributed by atoms with van der Waals surface area (Å²) in [4.78, 5) is 12.8. The van der Waals surface area contributed by atoms with E-state index in [2.05, 4.69) is 10.0 Å². The molecule has 0 aliphatic heterocycles. The highest BCUT2D eigenvalue weighted by atomic mass is 32.2. The summed E-state index contributed by atoms with van der Waals surface area (Å²) in [7, 11) is -3.70. The van der Waals surface area contributed by atoms with Gasteiger partial charge in [-0.2, -0.15) is 0 Å². The summed E-state index contributed by atoms with van der Waals surface area (Å²) < 4.78 is 54.0. The third-order valence-electron chi connectivity index (χ3n) is 4.01. The maximum Gasteiger partial charge on any atom is 0.261 e. The summed E-state index contributed by atoms with van der Waals surface area (Å²) in [6.07, 6.45) is 0. The highest BCUT2D eigenvalue weighted by molar-refractivity contribution is 8.00. The molecule has 30 heavy (non-hydrogen) atoms. The first kappa shape index (κ1) is 21.8. The van der Waals surface area contributed by atoms with Crippen molar-refractivity contribution >= 4 is 39.1 Å². The van der Waals surface area contributed by atoms with Gasteiger partial charge in [0.2, 0.25) is 5.91 Å². The number of thioether (sulfide) groups is 1. The quantitative estimate of drug-likeness (QED) is 0.509. The van der Waals surface area contributed by atoms with Gasteiger partial charge in [-0.3, -0.25) is 9.52 Å². The molecule has 0 atom stereocenters. The number of carbonyl (C=O) groups excluding carboxylic acids is 1. The van der Waals surface area contributed by atoms with Crippen LogP contribution in [0, 0.1) is 18.6 Å². The Kier molecular flexibility index (Phi) is 6.73. The van der Waals surface area contributed by atoms with E-state index in [9.17, 15) is 22.0 Å². The third-order valence-corrected chi connectivity index (χ3v) is 6.42. The first-order chi connectivity index (χ1) is 14.2. The Bertz CT molecular complexity index is 1150. The van der Waals surface area contributed by atoms with Crippen LogP contribution in [0.4, 0.5) is 20.2 Å². The number of rotatable bonds is 7. The van der Waals surface area contributed by atoms with Crippen LogP contribution in [-0.2, 0) is 14.8 Å². The maximum atomic E-state index is 13.6. The third kappa shape index (κ3) is 5.80. The van der Waals surface area contributed by atoms with Gasteiger partial charge in [0.15, 0.2) is 0 Å². The highest BCUT2D eigenvalue weighted by Gasteiger charge is 2.14. The Morgan fingerprint density at radius 2 is 1.63 bits per heavy atom. The topological polar surface area (TPSA) is 75.3 Å². The lowest BCUT2D eigenvalue weighted by molar-refractivity contribution is -0.113. The molecule has 0 aromatic heterocycles. The Balaban J connectivity index is 1.57. The standard InChI is InChI=1S/C21H18F2N2O3S2/c1-14-2-9-18(10-3-14)30(27,28)25-16-5-7-17(8-6-16)29-13-21(26)24-20-12-15(22)4-11-19(20)23/h2-12,25H,13H2,1H3,(H,24,26). The predicted octanol–water partition coefficient (Wildman–Crippen LogP) is 4.80. The zero-order valence-corrected chi connectivity index (χ0v) is 17.5. The van der Waals surface area contributed by atoms with Gasteiger partial charge >= 0.3 is 0 Å². The van der Waals surface area contributed by atoms with Gasteiger partial charge in [0, 0.05) is 16.6 Å². The Labute approximate surface area is 177 Å². The molecule has 3 aromatic rings. The molecule has 0 heterocycles. The lowest BCUT2D eigenvalue weighted by Crippen LogP contribution is -2.15. The van der Waals surface area contributed by atoms with E-state index in [-0.39, 0.29) is 16.3 Å². The second-order valence-electron chi connectivity index (χ2n) is 6.40. The molecule has 0 radical (unpaired) electrons. The summed E-state index contributed by atoms with van der Waals surface area (Å²) >= 11 is 1.18. The first-order valence-electron chi connectivity index (χ1n) is 8.80. The molecule has 0 unspecified atom stereocenters. The van der Waals surface area contributed by atoms with E-state index in [0.717, 1.165) is 23.8 Å². The minimum Gasteiger partial charge on any atom is -0.323 e. The van der Waals surface area contributed by atoms with Crippen LogP contribution in [0.3, 0.4) is 0 Å². The Hall–Kier alpha value is -2.91. The average molecular weight is 449 g/mol. The van der Waals surface area contributed by atoms with Crippen LogP contribution in [0.5, 0.6) is 0 Å². The predicted molar refractivity (Wildman–Crippen MR) is 114 cm³/mol. The highest BCUT2D eigenvalue weighted by Crippen LogP contribution is 2.23. The van der Waals surface area contributed by atoms with Gasteiger partial charge < -0.3 is 5.32 Å². The minimum atomic E-state index is -3.70. The van der Waals surface area contributed by atoms with E-state index in [4.69, 9.17) is 0 Å². The number of nitrogens with one attached hydrogen (secondary N) is 2. The molecular formula is C21H18F2N2O3S2. The van der Waals surface area contributed by atoms with E-state index >= 15 is 0 Å². The Morgan fingerprint density at radius 1 is 0.967 bits per heavy atom. The number of carbonyl (C=O) groups is 1. The molecule has 0 saturated carbocycles. The molecule has 0 fully saturated rings. The second-order valence-corrected chi connectivity index (χ2v) is 9.14. The molecule has 0 saturated heterocycles. The van der Waals surface area contributed by atoms with Crippen molar-refractivity contribution in [3.63, 3.8) is 0 Å².